The van der Waals surface area contributed by atoms with E-state index in [0.717, 1.165) is 43.3 Å². The summed E-state index contributed by atoms with van der Waals surface area (Å²) in [5, 5.41) is 6.03. The number of aromatic amines is 1. The predicted molar refractivity (Wildman–Crippen MR) is 140 cm³/mol. The Morgan fingerprint density at radius 2 is 1.29 bits per heavy atom. The lowest BCUT2D eigenvalue weighted by molar-refractivity contribution is 0.460. The van der Waals surface area contributed by atoms with Gasteiger partial charge >= 0.3 is 0 Å². The summed E-state index contributed by atoms with van der Waals surface area (Å²) in [6.07, 6.45) is 7.88. The molecule has 6 aromatic rings. The van der Waals surface area contributed by atoms with E-state index in [1.54, 1.807) is 6.20 Å². The van der Waals surface area contributed by atoms with E-state index in [-0.39, 0.29) is 0 Å². The minimum atomic E-state index is -0.632. The number of nitrogens with zero attached hydrogens (tertiary/aromatic N) is 3. The smallest absolute Gasteiger partial charge is 0.138 e. The SMILES string of the molecule is Brc1cnc2[nH]cc(-c3cnn(C(c4ccccc4)(c4ccccc4)c4ccccc4)c3)c2c1. The van der Waals surface area contributed by atoms with Crippen molar-refractivity contribution < 1.29 is 0 Å². The van der Waals surface area contributed by atoms with Gasteiger partial charge in [-0.1, -0.05) is 91.0 Å². The first-order chi connectivity index (χ1) is 16.8. The Bertz CT molecular complexity index is 1460. The molecule has 0 fully saturated rings. The molecule has 0 unspecified atom stereocenters. The molecular formula is C29H21BrN4. The quantitative estimate of drug-likeness (QED) is 0.256. The number of fused-ring (bicyclic) bond motifs is 1. The Morgan fingerprint density at radius 3 is 1.85 bits per heavy atom. The van der Waals surface area contributed by atoms with Gasteiger partial charge in [0, 0.05) is 39.6 Å². The summed E-state index contributed by atoms with van der Waals surface area (Å²) in [6, 6.07) is 33.8. The van der Waals surface area contributed by atoms with Crippen LogP contribution in [-0.4, -0.2) is 19.7 Å². The van der Waals surface area contributed by atoms with E-state index in [1.165, 1.54) is 0 Å². The molecule has 0 atom stereocenters. The molecule has 0 saturated carbocycles. The third-order valence-electron chi connectivity index (χ3n) is 6.31. The highest BCUT2D eigenvalue weighted by Gasteiger charge is 2.39. The number of pyridine rings is 1. The zero-order chi connectivity index (χ0) is 23.0. The molecule has 164 valence electrons. The van der Waals surface area contributed by atoms with Crippen molar-refractivity contribution in [2.45, 2.75) is 5.54 Å². The molecule has 0 amide bonds. The van der Waals surface area contributed by atoms with Crippen LogP contribution in [0, 0.1) is 0 Å². The Hall–Kier alpha value is -3.96. The molecule has 4 nitrogen and oxygen atoms in total. The maximum absolute atomic E-state index is 4.97. The van der Waals surface area contributed by atoms with Gasteiger partial charge in [-0.25, -0.2) is 4.98 Å². The van der Waals surface area contributed by atoms with E-state index in [4.69, 9.17) is 5.10 Å². The van der Waals surface area contributed by atoms with E-state index >= 15 is 0 Å². The van der Waals surface area contributed by atoms with E-state index in [0.29, 0.717) is 0 Å². The van der Waals surface area contributed by atoms with Crippen LogP contribution >= 0.6 is 15.9 Å². The topological polar surface area (TPSA) is 46.5 Å². The Labute approximate surface area is 206 Å². The second kappa shape index (κ2) is 8.43. The summed E-state index contributed by atoms with van der Waals surface area (Å²) < 4.78 is 3.03. The van der Waals surface area contributed by atoms with Crippen molar-refractivity contribution in [2.24, 2.45) is 0 Å². The van der Waals surface area contributed by atoms with Crippen molar-refractivity contribution in [3.8, 4) is 11.1 Å². The van der Waals surface area contributed by atoms with Crippen LogP contribution in [0.1, 0.15) is 16.7 Å². The lowest BCUT2D eigenvalue weighted by Gasteiger charge is -2.36. The predicted octanol–water partition coefficient (Wildman–Crippen LogP) is 7.03. The summed E-state index contributed by atoms with van der Waals surface area (Å²) >= 11 is 3.56. The largest absolute Gasteiger partial charge is 0.346 e. The van der Waals surface area contributed by atoms with E-state index in [1.807, 2.05) is 12.4 Å². The maximum Gasteiger partial charge on any atom is 0.138 e. The zero-order valence-electron chi connectivity index (χ0n) is 18.3. The number of nitrogens with one attached hydrogen (secondary N) is 1. The van der Waals surface area contributed by atoms with Gasteiger partial charge in [0.15, 0.2) is 0 Å². The highest BCUT2D eigenvalue weighted by molar-refractivity contribution is 9.10. The molecule has 6 rings (SSSR count). The fourth-order valence-corrected chi connectivity index (χ4v) is 5.13. The number of halogens is 1. The molecule has 0 radical (unpaired) electrons. The van der Waals surface area contributed by atoms with Crippen molar-refractivity contribution in [3.05, 3.63) is 143 Å². The second-order valence-corrected chi connectivity index (χ2v) is 9.15. The highest BCUT2D eigenvalue weighted by atomic mass is 79.9. The average molecular weight is 505 g/mol. The van der Waals surface area contributed by atoms with Crippen LogP contribution in [0.15, 0.2) is 126 Å². The zero-order valence-corrected chi connectivity index (χ0v) is 19.9. The van der Waals surface area contributed by atoms with Gasteiger partial charge in [0.1, 0.15) is 11.2 Å². The minimum absolute atomic E-state index is 0.632. The maximum atomic E-state index is 4.97. The fraction of sp³-hybridized carbons (Fsp3) is 0.0345. The normalized spacial score (nSPS) is 11.7. The number of hydrogen-bond donors (Lipinski definition) is 1. The molecule has 3 aromatic heterocycles. The van der Waals surface area contributed by atoms with Crippen LogP contribution in [0.5, 0.6) is 0 Å². The average Bonchev–Trinajstić information content (AvgIpc) is 3.54. The van der Waals surface area contributed by atoms with Crippen molar-refractivity contribution in [2.75, 3.05) is 0 Å². The van der Waals surface area contributed by atoms with Crippen LogP contribution < -0.4 is 0 Å². The summed E-state index contributed by atoms with van der Waals surface area (Å²) in [5.74, 6) is 0. The van der Waals surface area contributed by atoms with Crippen molar-refractivity contribution in [3.63, 3.8) is 0 Å². The van der Waals surface area contributed by atoms with Gasteiger partial charge in [-0.15, -0.1) is 0 Å². The van der Waals surface area contributed by atoms with E-state index in [9.17, 15) is 0 Å². The molecule has 3 aromatic carbocycles. The standard InChI is InChI=1S/C29H21BrN4/c30-25-16-26-27(19-32-28(26)31-18-25)21-17-33-34(20-21)29(22-10-4-1-5-11-22,23-12-6-2-7-13-23)24-14-8-3-9-15-24/h1-20H,(H,31,32). The third-order valence-corrected chi connectivity index (χ3v) is 6.74. The van der Waals surface area contributed by atoms with Gasteiger partial charge in [0.25, 0.3) is 0 Å². The van der Waals surface area contributed by atoms with Gasteiger partial charge < -0.3 is 4.98 Å². The van der Waals surface area contributed by atoms with Crippen molar-refractivity contribution in [1.29, 1.82) is 0 Å². The number of benzene rings is 3. The molecule has 0 saturated heterocycles. The van der Waals surface area contributed by atoms with Gasteiger partial charge in [0.2, 0.25) is 0 Å². The Balaban J connectivity index is 1.63. The highest BCUT2D eigenvalue weighted by Crippen LogP contribution is 2.41. The second-order valence-electron chi connectivity index (χ2n) is 8.23. The Morgan fingerprint density at radius 1 is 0.735 bits per heavy atom. The molecule has 0 aliphatic carbocycles. The van der Waals surface area contributed by atoms with Crippen LogP contribution in [0.3, 0.4) is 0 Å². The van der Waals surface area contributed by atoms with Crippen LogP contribution in [0.25, 0.3) is 22.2 Å². The van der Waals surface area contributed by atoms with E-state index < -0.39 is 5.54 Å². The Kier molecular flexibility index (Phi) is 5.12. The first-order valence-electron chi connectivity index (χ1n) is 11.1. The molecule has 34 heavy (non-hydrogen) atoms. The lowest BCUT2D eigenvalue weighted by atomic mass is 9.77. The molecule has 0 bridgehead atoms. The van der Waals surface area contributed by atoms with Gasteiger partial charge in [-0.3, -0.25) is 4.68 Å². The molecule has 0 aliphatic heterocycles. The van der Waals surface area contributed by atoms with Crippen molar-refractivity contribution in [1.82, 2.24) is 19.7 Å². The summed E-state index contributed by atoms with van der Waals surface area (Å²) in [6.45, 7) is 0. The summed E-state index contributed by atoms with van der Waals surface area (Å²) in [5.41, 5.74) is 5.75. The van der Waals surface area contributed by atoms with Gasteiger partial charge in [0.05, 0.1) is 6.20 Å². The molecular weight excluding hydrogens is 484 g/mol. The fourth-order valence-electron chi connectivity index (χ4n) is 4.80. The first kappa shape index (κ1) is 20.6. The van der Waals surface area contributed by atoms with Crippen molar-refractivity contribution >= 4 is 27.0 Å². The van der Waals surface area contributed by atoms with Crippen LogP contribution in [0.4, 0.5) is 0 Å². The molecule has 1 N–H and O–H groups in total. The monoisotopic (exact) mass is 504 g/mol. The first-order valence-corrected chi connectivity index (χ1v) is 11.9. The van der Waals surface area contributed by atoms with E-state index in [2.05, 4.69) is 134 Å². The number of H-pyrrole nitrogens is 1. The molecule has 0 aliphatic rings. The molecule has 0 spiro atoms. The van der Waals surface area contributed by atoms with Gasteiger partial charge in [-0.05, 0) is 38.7 Å². The third kappa shape index (κ3) is 3.28. The minimum Gasteiger partial charge on any atom is -0.346 e. The molecule has 5 heteroatoms. The molecule has 3 heterocycles. The summed E-state index contributed by atoms with van der Waals surface area (Å²) in [4.78, 5) is 7.78. The number of hydrogen-bond acceptors (Lipinski definition) is 2. The number of aromatic nitrogens is 4. The van der Waals surface area contributed by atoms with Crippen LogP contribution in [-0.2, 0) is 5.54 Å². The summed E-state index contributed by atoms with van der Waals surface area (Å²) in [7, 11) is 0. The van der Waals surface area contributed by atoms with Crippen LogP contribution in [0.2, 0.25) is 0 Å². The number of rotatable bonds is 5. The van der Waals surface area contributed by atoms with Gasteiger partial charge in [-0.2, -0.15) is 5.10 Å². The lowest BCUT2D eigenvalue weighted by Crippen LogP contribution is -2.38.